The maximum atomic E-state index is 13.7. The van der Waals surface area contributed by atoms with Gasteiger partial charge in [0.1, 0.15) is 0 Å². The summed E-state index contributed by atoms with van der Waals surface area (Å²) < 4.78 is 86.3. The molecule has 464 valence electrons. The molecule has 0 bridgehead atoms. The average Bonchev–Trinajstić information content (AvgIpc) is 1.71. The average molecular weight is 1270 g/mol. The van der Waals surface area contributed by atoms with Crippen molar-refractivity contribution in [3.05, 3.63) is 264 Å². The van der Waals surface area contributed by atoms with Gasteiger partial charge in [0.05, 0.1) is 54.3 Å². The number of aromatic hydroxyl groups is 2. The second-order valence-electron chi connectivity index (χ2n) is 22.2. The van der Waals surface area contributed by atoms with Crippen molar-refractivity contribution in [1.82, 2.24) is 24.7 Å². The Morgan fingerprint density at radius 3 is 1.30 bits per heavy atom. The molecule has 0 atom stereocenters. The molecule has 0 saturated carbocycles. The van der Waals surface area contributed by atoms with Crippen LogP contribution in [0, 0.1) is 0 Å². The van der Waals surface area contributed by atoms with E-state index in [9.17, 15) is 35.5 Å². The van der Waals surface area contributed by atoms with E-state index in [2.05, 4.69) is 48.4 Å². The van der Waals surface area contributed by atoms with Crippen LogP contribution in [-0.2, 0) is 36.6 Å². The number of piperazine rings is 1. The molecule has 12 rings (SSSR count). The number of nitrogens with one attached hydrogen (secondary N) is 4. The van der Waals surface area contributed by atoms with E-state index in [0.29, 0.717) is 79.2 Å². The lowest BCUT2D eigenvalue weighted by atomic mass is 10.0. The van der Waals surface area contributed by atoms with Gasteiger partial charge >= 0.3 is 0 Å². The van der Waals surface area contributed by atoms with Crippen LogP contribution in [0.1, 0.15) is 27.8 Å². The molecule has 1 aliphatic rings. The number of aliphatic imine (C=N–C) groups is 2. The summed E-state index contributed by atoms with van der Waals surface area (Å²) in [6.45, 7) is 5.90. The van der Waals surface area contributed by atoms with Gasteiger partial charge in [0.25, 0.3) is 30.1 Å². The molecule has 21 heteroatoms. The molecule has 1 fully saturated rings. The highest BCUT2D eigenvalue weighted by Crippen LogP contribution is 2.37. The van der Waals surface area contributed by atoms with Crippen molar-refractivity contribution in [3.8, 4) is 11.8 Å². The third kappa shape index (κ3) is 14.9. The largest absolute Gasteiger partial charge is 0.494 e. The number of rotatable bonds is 20. The minimum absolute atomic E-state index is 0.0395. The maximum Gasteiger partial charge on any atom is 0.264 e. The van der Waals surface area contributed by atoms with Gasteiger partial charge in [0.15, 0.2) is 11.8 Å². The van der Waals surface area contributed by atoms with Crippen molar-refractivity contribution in [2.45, 2.75) is 21.2 Å². The summed E-state index contributed by atoms with van der Waals surface area (Å²) in [5, 5.41) is 23.5. The lowest BCUT2D eigenvalue weighted by Crippen LogP contribution is -2.43. The van der Waals surface area contributed by atoms with Gasteiger partial charge in [-0.25, -0.2) is 35.2 Å². The molecule has 9 aromatic carbocycles. The fourth-order valence-electron chi connectivity index (χ4n) is 10.6. The molecule has 0 aliphatic carbocycles. The molecule has 1 saturated heterocycles. The lowest BCUT2D eigenvalue weighted by Gasteiger charge is -2.32. The second kappa shape index (κ2) is 27.5. The number of benzene rings is 9. The molecule has 6 N–H and O–H groups in total. The zero-order valence-electron chi connectivity index (χ0n) is 50.2. The first-order chi connectivity index (χ1) is 43.9. The van der Waals surface area contributed by atoms with Gasteiger partial charge in [-0.2, -0.15) is 0 Å². The Morgan fingerprint density at radius 2 is 0.879 bits per heavy atom. The molecule has 18 nitrogen and oxygen atoms in total. The van der Waals surface area contributed by atoms with Gasteiger partial charge in [-0.15, -0.1) is 0 Å². The molecule has 0 unspecified atom stereocenters. The van der Waals surface area contributed by atoms with Crippen molar-refractivity contribution in [2.24, 2.45) is 9.98 Å². The Kier molecular flexibility index (Phi) is 18.9. The first-order valence-electron chi connectivity index (χ1n) is 29.3. The maximum absolute atomic E-state index is 13.7. The summed E-state index contributed by atoms with van der Waals surface area (Å²) in [4.78, 5) is 23.2. The number of aromatic amines is 2. The van der Waals surface area contributed by atoms with Crippen LogP contribution in [0.5, 0.6) is 11.8 Å². The number of hydrogen-bond donors (Lipinski definition) is 6. The van der Waals surface area contributed by atoms with E-state index in [4.69, 9.17) is 9.98 Å². The van der Waals surface area contributed by atoms with Crippen molar-refractivity contribution in [2.75, 3.05) is 74.2 Å². The van der Waals surface area contributed by atoms with Gasteiger partial charge in [-0.1, -0.05) is 127 Å². The normalized spacial score (nSPS) is 13.7. The molecular formula is C70H68N10O8S3. The van der Waals surface area contributed by atoms with Gasteiger partial charge in [-0.05, 0) is 136 Å². The number of likely N-dealkylation sites (N-methyl/N-ethyl adjacent to an activating group) is 2. The van der Waals surface area contributed by atoms with Gasteiger partial charge in [0.2, 0.25) is 0 Å². The molecule has 0 radical (unpaired) electrons. The van der Waals surface area contributed by atoms with E-state index in [1.54, 1.807) is 140 Å². The fraction of sp³-hybridized carbons (Fsp3) is 0.143. The van der Waals surface area contributed by atoms with Crippen molar-refractivity contribution < 1.29 is 35.5 Å². The Hall–Kier alpha value is -9.87. The topological polar surface area (TPSA) is 236 Å². The predicted octanol–water partition coefficient (Wildman–Crippen LogP) is 12.2. The van der Waals surface area contributed by atoms with E-state index in [1.807, 2.05) is 91.8 Å². The zero-order valence-corrected chi connectivity index (χ0v) is 52.7. The first-order valence-corrected chi connectivity index (χ1v) is 33.8. The van der Waals surface area contributed by atoms with Gasteiger partial charge in [-0.3, -0.25) is 18.6 Å². The van der Waals surface area contributed by atoms with E-state index >= 15 is 0 Å². The van der Waals surface area contributed by atoms with E-state index in [0.717, 1.165) is 44.0 Å². The Labute approximate surface area is 530 Å². The molecular weight excluding hydrogens is 1210 g/mol. The zero-order chi connectivity index (χ0) is 63.7. The summed E-state index contributed by atoms with van der Waals surface area (Å²) in [6.07, 6.45) is 0. The standard InChI is InChI=1S/C37H35N5O5S2.C33H33N5O3S/c1-41(2)24-25-42(49(46,47)32-16-10-5-11-17-32)30-21-18-28(19-22-30)38-36(27-12-6-3-7-13-27)35-33-26-29(20-23-34(33)39-37(35)43)40-48(44,45)31-14-8-4-9-15-31;1-37-18-20-38(21-19-37)23-24-12-14-26(15-13-24)34-32(25-8-4-2-5-9-25)31-29-22-27(16-17-30(29)35-33(31)39)36-42(40,41)28-10-6-3-7-11-28/h3-23,26,39-40,43H,24-25H2,1-2H3;2-17,22,35-36,39H,18-21,23H2,1H3. The van der Waals surface area contributed by atoms with Crippen LogP contribution in [0.2, 0.25) is 0 Å². The smallest absolute Gasteiger partial charge is 0.264 e. The van der Waals surface area contributed by atoms with Crippen LogP contribution in [-0.4, -0.2) is 132 Å². The van der Waals surface area contributed by atoms with Crippen LogP contribution in [0.4, 0.5) is 28.4 Å². The number of anilines is 3. The van der Waals surface area contributed by atoms with Crippen LogP contribution in [0.15, 0.2) is 261 Å². The molecule has 0 spiro atoms. The molecule has 1 aliphatic heterocycles. The SMILES string of the molecule is CN(C)CCN(c1ccc(N=C(c2ccccc2)c2c(O)[nH]c3ccc(NS(=O)(=O)c4ccccc4)cc23)cc1)S(=O)(=O)c1ccccc1.CN1CCN(Cc2ccc(N=C(c3ccccc3)c3c(O)[nH]c4ccc(NS(=O)(=O)c5ccccc5)cc34)cc2)CC1. The highest BCUT2D eigenvalue weighted by atomic mass is 32.2. The number of nitrogens with zero attached hydrogens (tertiary/aromatic N) is 6. The summed E-state index contributed by atoms with van der Waals surface area (Å²) in [7, 11) is -5.56. The molecule has 2 aromatic heterocycles. The van der Waals surface area contributed by atoms with Gasteiger partial charge in [0, 0.05) is 90.1 Å². The van der Waals surface area contributed by atoms with Crippen LogP contribution in [0.25, 0.3) is 21.8 Å². The highest BCUT2D eigenvalue weighted by Gasteiger charge is 2.27. The summed E-state index contributed by atoms with van der Waals surface area (Å²) >= 11 is 0. The molecule has 91 heavy (non-hydrogen) atoms. The second-order valence-corrected chi connectivity index (χ2v) is 27.4. The number of hydrogen-bond acceptors (Lipinski definition) is 13. The Morgan fingerprint density at radius 1 is 0.484 bits per heavy atom. The third-order valence-corrected chi connectivity index (χ3v) is 20.0. The third-order valence-electron chi connectivity index (χ3n) is 15.4. The summed E-state index contributed by atoms with van der Waals surface area (Å²) in [6, 6.07) is 68.8. The Bertz CT molecular complexity index is 4720. The number of H-pyrrole nitrogens is 2. The molecule has 11 aromatic rings. The fourth-order valence-corrected chi connectivity index (χ4v) is 14.2. The number of sulfonamides is 3. The number of aromatic nitrogens is 2. The first kappa shape index (κ1) is 62.7. The van der Waals surface area contributed by atoms with Crippen molar-refractivity contribution in [3.63, 3.8) is 0 Å². The summed E-state index contributed by atoms with van der Waals surface area (Å²) in [5.41, 5.74) is 8.34. The quantitative estimate of drug-likeness (QED) is 0.0393. The molecule has 3 heterocycles. The van der Waals surface area contributed by atoms with Crippen molar-refractivity contribution in [1.29, 1.82) is 0 Å². The highest BCUT2D eigenvalue weighted by molar-refractivity contribution is 7.93. The Balaban J connectivity index is 0.000000189. The van der Waals surface area contributed by atoms with Crippen LogP contribution >= 0.6 is 0 Å². The van der Waals surface area contributed by atoms with E-state index in [-0.39, 0.29) is 33.0 Å². The van der Waals surface area contributed by atoms with Crippen LogP contribution < -0.4 is 13.7 Å². The van der Waals surface area contributed by atoms with Crippen LogP contribution in [0.3, 0.4) is 0 Å². The van der Waals surface area contributed by atoms with E-state index < -0.39 is 30.1 Å². The minimum atomic E-state index is -3.86. The summed E-state index contributed by atoms with van der Waals surface area (Å²) in [5.74, 6) is -0.177. The molecule has 0 amide bonds. The lowest BCUT2D eigenvalue weighted by molar-refractivity contribution is 0.148. The monoisotopic (exact) mass is 1270 g/mol. The minimum Gasteiger partial charge on any atom is -0.494 e. The van der Waals surface area contributed by atoms with Gasteiger partial charge < -0.3 is 30.0 Å². The predicted molar refractivity (Wildman–Crippen MR) is 363 cm³/mol. The number of fused-ring (bicyclic) bond motifs is 2. The van der Waals surface area contributed by atoms with E-state index in [1.165, 1.54) is 22.0 Å². The van der Waals surface area contributed by atoms with Crippen molar-refractivity contribution >= 4 is 91.7 Å².